The lowest BCUT2D eigenvalue weighted by atomic mass is 9.98. The molecule has 0 aromatic heterocycles. The maximum Gasteiger partial charge on any atom is 0.167 e. The van der Waals surface area contributed by atoms with E-state index >= 15 is 0 Å². The number of Topliss-reactive ketones (excluding diaryl/α,β-unsaturated/α-hetero) is 1. The standard InChI is InChI=1S/C17H19NO/c1-12(2)14-6-8-15(9-7-14)17(19)11-13-4-3-5-16(18)10-13/h3-10,12H,11,18H2,1-2H3. The first kappa shape index (κ1) is 13.3. The van der Waals surface area contributed by atoms with E-state index in [4.69, 9.17) is 5.73 Å². The second-order valence-corrected chi connectivity index (χ2v) is 5.12. The average Bonchev–Trinajstić information content (AvgIpc) is 2.39. The maximum atomic E-state index is 12.2. The van der Waals surface area contributed by atoms with Gasteiger partial charge < -0.3 is 5.73 Å². The molecule has 0 heterocycles. The molecule has 0 radical (unpaired) electrons. The smallest absolute Gasteiger partial charge is 0.167 e. The number of benzene rings is 2. The fourth-order valence-corrected chi connectivity index (χ4v) is 2.04. The van der Waals surface area contributed by atoms with E-state index in [9.17, 15) is 4.79 Å². The zero-order valence-electron chi connectivity index (χ0n) is 11.4. The first-order chi connectivity index (χ1) is 9.06. The van der Waals surface area contributed by atoms with E-state index in [1.54, 1.807) is 0 Å². The summed E-state index contributed by atoms with van der Waals surface area (Å²) in [6.07, 6.45) is 0.395. The number of nitrogen functional groups attached to an aromatic ring is 1. The van der Waals surface area contributed by atoms with Crippen molar-refractivity contribution >= 4 is 11.5 Å². The van der Waals surface area contributed by atoms with Crippen molar-refractivity contribution < 1.29 is 4.79 Å². The van der Waals surface area contributed by atoms with Crippen LogP contribution in [0.2, 0.25) is 0 Å². The second kappa shape index (κ2) is 5.70. The summed E-state index contributed by atoms with van der Waals surface area (Å²) in [6, 6.07) is 15.3. The Balaban J connectivity index is 2.11. The molecule has 0 amide bonds. The third kappa shape index (κ3) is 3.44. The number of ketones is 1. The van der Waals surface area contributed by atoms with Crippen molar-refractivity contribution in [3.05, 3.63) is 65.2 Å². The molecule has 2 aromatic rings. The Labute approximate surface area is 114 Å². The highest BCUT2D eigenvalue weighted by Crippen LogP contribution is 2.16. The van der Waals surface area contributed by atoms with Gasteiger partial charge in [-0.15, -0.1) is 0 Å². The average molecular weight is 253 g/mol. The summed E-state index contributed by atoms with van der Waals surface area (Å²) in [7, 11) is 0. The van der Waals surface area contributed by atoms with E-state index in [1.165, 1.54) is 5.56 Å². The van der Waals surface area contributed by atoms with Gasteiger partial charge in [-0.2, -0.15) is 0 Å². The Bertz CT molecular complexity index is 570. The minimum Gasteiger partial charge on any atom is -0.399 e. The van der Waals surface area contributed by atoms with E-state index < -0.39 is 0 Å². The topological polar surface area (TPSA) is 43.1 Å². The van der Waals surface area contributed by atoms with Crippen LogP contribution in [0.25, 0.3) is 0 Å². The molecule has 0 atom stereocenters. The van der Waals surface area contributed by atoms with E-state index in [-0.39, 0.29) is 5.78 Å². The van der Waals surface area contributed by atoms with Crippen molar-refractivity contribution in [3.63, 3.8) is 0 Å². The Morgan fingerprint density at radius 2 is 1.79 bits per heavy atom. The van der Waals surface area contributed by atoms with E-state index in [1.807, 2.05) is 48.5 Å². The fourth-order valence-electron chi connectivity index (χ4n) is 2.04. The minimum atomic E-state index is 0.126. The van der Waals surface area contributed by atoms with Crippen LogP contribution in [0, 0.1) is 0 Å². The first-order valence-electron chi connectivity index (χ1n) is 6.54. The van der Waals surface area contributed by atoms with Crippen molar-refractivity contribution in [2.75, 3.05) is 5.73 Å². The summed E-state index contributed by atoms with van der Waals surface area (Å²) in [5.74, 6) is 0.610. The summed E-state index contributed by atoms with van der Waals surface area (Å²) in [4.78, 5) is 12.2. The molecular formula is C17H19NO. The van der Waals surface area contributed by atoms with Crippen LogP contribution >= 0.6 is 0 Å². The largest absolute Gasteiger partial charge is 0.399 e. The van der Waals surface area contributed by atoms with Crippen LogP contribution in [0.3, 0.4) is 0 Å². The van der Waals surface area contributed by atoms with Crippen molar-refractivity contribution in [2.24, 2.45) is 0 Å². The SMILES string of the molecule is CC(C)c1ccc(C(=O)Cc2cccc(N)c2)cc1. The fraction of sp³-hybridized carbons (Fsp3) is 0.235. The van der Waals surface area contributed by atoms with Gasteiger partial charge in [-0.25, -0.2) is 0 Å². The molecule has 0 aliphatic carbocycles. The highest BCUT2D eigenvalue weighted by molar-refractivity contribution is 5.97. The predicted octanol–water partition coefficient (Wildman–Crippen LogP) is 3.82. The summed E-state index contributed by atoms with van der Waals surface area (Å²) in [5.41, 5.74) is 9.37. The van der Waals surface area contributed by atoms with Crippen LogP contribution in [-0.2, 0) is 6.42 Å². The van der Waals surface area contributed by atoms with Crippen LogP contribution in [0.4, 0.5) is 5.69 Å². The van der Waals surface area contributed by atoms with E-state index in [0.717, 1.165) is 11.1 Å². The summed E-state index contributed by atoms with van der Waals surface area (Å²) in [5, 5.41) is 0. The van der Waals surface area contributed by atoms with Gasteiger partial charge in [0.25, 0.3) is 0 Å². The number of rotatable bonds is 4. The van der Waals surface area contributed by atoms with E-state index in [2.05, 4.69) is 13.8 Å². The van der Waals surface area contributed by atoms with Gasteiger partial charge in [-0.3, -0.25) is 4.79 Å². The second-order valence-electron chi connectivity index (χ2n) is 5.12. The molecule has 0 saturated heterocycles. The summed E-state index contributed by atoms with van der Waals surface area (Å²) >= 11 is 0. The lowest BCUT2D eigenvalue weighted by Gasteiger charge is -2.07. The number of hydrogen-bond donors (Lipinski definition) is 1. The zero-order valence-corrected chi connectivity index (χ0v) is 11.4. The zero-order chi connectivity index (χ0) is 13.8. The quantitative estimate of drug-likeness (QED) is 0.665. The van der Waals surface area contributed by atoms with Crippen molar-refractivity contribution in [2.45, 2.75) is 26.2 Å². The molecule has 2 N–H and O–H groups in total. The minimum absolute atomic E-state index is 0.126. The monoisotopic (exact) mass is 253 g/mol. The van der Waals surface area contributed by atoms with Crippen LogP contribution < -0.4 is 5.73 Å². The normalized spacial score (nSPS) is 10.7. The molecule has 0 bridgehead atoms. The van der Waals surface area contributed by atoms with Crippen molar-refractivity contribution in [3.8, 4) is 0 Å². The molecule has 0 spiro atoms. The van der Waals surface area contributed by atoms with Gasteiger partial charge in [0.05, 0.1) is 0 Å². The lowest BCUT2D eigenvalue weighted by Crippen LogP contribution is -2.04. The molecule has 0 saturated carbocycles. The van der Waals surface area contributed by atoms with Gasteiger partial charge in [0, 0.05) is 17.7 Å². The molecule has 98 valence electrons. The molecule has 0 fully saturated rings. The van der Waals surface area contributed by atoms with Gasteiger partial charge in [-0.1, -0.05) is 50.2 Å². The van der Waals surface area contributed by atoms with E-state index in [0.29, 0.717) is 18.0 Å². The van der Waals surface area contributed by atoms with Crippen LogP contribution in [0.5, 0.6) is 0 Å². The lowest BCUT2D eigenvalue weighted by molar-refractivity contribution is 0.0993. The molecule has 19 heavy (non-hydrogen) atoms. The molecule has 2 rings (SSSR count). The van der Waals surface area contributed by atoms with Crippen LogP contribution in [-0.4, -0.2) is 5.78 Å². The Morgan fingerprint density at radius 1 is 1.11 bits per heavy atom. The molecular weight excluding hydrogens is 234 g/mol. The Morgan fingerprint density at radius 3 is 2.37 bits per heavy atom. The predicted molar refractivity (Wildman–Crippen MR) is 79.4 cm³/mol. The molecule has 0 unspecified atom stereocenters. The number of anilines is 1. The first-order valence-corrected chi connectivity index (χ1v) is 6.54. The highest BCUT2D eigenvalue weighted by atomic mass is 16.1. The number of carbonyl (C=O) groups excluding carboxylic acids is 1. The number of hydrogen-bond acceptors (Lipinski definition) is 2. The van der Waals surface area contributed by atoms with Crippen LogP contribution in [0.1, 0.15) is 41.3 Å². The third-order valence-electron chi connectivity index (χ3n) is 3.22. The van der Waals surface area contributed by atoms with Crippen LogP contribution in [0.15, 0.2) is 48.5 Å². The number of carbonyl (C=O) groups is 1. The Hall–Kier alpha value is -2.09. The van der Waals surface area contributed by atoms with Gasteiger partial charge in [0.1, 0.15) is 0 Å². The van der Waals surface area contributed by atoms with Gasteiger partial charge in [-0.05, 0) is 29.2 Å². The van der Waals surface area contributed by atoms with Crippen molar-refractivity contribution in [1.82, 2.24) is 0 Å². The van der Waals surface area contributed by atoms with Gasteiger partial charge >= 0.3 is 0 Å². The molecule has 2 heteroatoms. The summed E-state index contributed by atoms with van der Waals surface area (Å²) in [6.45, 7) is 4.28. The summed E-state index contributed by atoms with van der Waals surface area (Å²) < 4.78 is 0. The molecule has 0 aliphatic heterocycles. The molecule has 0 aliphatic rings. The Kier molecular flexibility index (Phi) is 4.00. The van der Waals surface area contributed by atoms with Gasteiger partial charge in [0.15, 0.2) is 5.78 Å². The van der Waals surface area contributed by atoms with Gasteiger partial charge in [0.2, 0.25) is 0 Å². The molecule has 2 aromatic carbocycles. The maximum absolute atomic E-state index is 12.2. The third-order valence-corrected chi connectivity index (χ3v) is 3.22. The highest BCUT2D eigenvalue weighted by Gasteiger charge is 2.08. The molecule has 2 nitrogen and oxygen atoms in total. The number of nitrogens with two attached hydrogens (primary N) is 1. The van der Waals surface area contributed by atoms with Crippen molar-refractivity contribution in [1.29, 1.82) is 0 Å².